The maximum Gasteiger partial charge on any atom is 0.191 e. The van der Waals surface area contributed by atoms with Gasteiger partial charge in [0.1, 0.15) is 0 Å². The highest BCUT2D eigenvalue weighted by molar-refractivity contribution is 14.0. The molecule has 1 atom stereocenters. The summed E-state index contributed by atoms with van der Waals surface area (Å²) in [5.41, 5.74) is 0.936. The Bertz CT molecular complexity index is 615. The van der Waals surface area contributed by atoms with Gasteiger partial charge in [-0.15, -0.1) is 35.3 Å². The van der Waals surface area contributed by atoms with E-state index in [0.717, 1.165) is 10.8 Å². The Kier molecular flexibility index (Phi) is 7.32. The van der Waals surface area contributed by atoms with E-state index in [-0.39, 0.29) is 41.5 Å². The maximum absolute atomic E-state index is 11.4. The smallest absolute Gasteiger partial charge is 0.191 e. The van der Waals surface area contributed by atoms with E-state index < -0.39 is 9.84 Å². The van der Waals surface area contributed by atoms with Crippen LogP contribution in [0, 0.1) is 0 Å². The lowest BCUT2D eigenvalue weighted by molar-refractivity contribution is 0.599. The summed E-state index contributed by atoms with van der Waals surface area (Å²) < 4.78 is 22.9. The highest BCUT2D eigenvalue weighted by atomic mass is 127. The fourth-order valence-electron chi connectivity index (χ4n) is 2.05. The maximum atomic E-state index is 11.4. The first-order chi connectivity index (χ1) is 9.89. The predicted octanol–water partition coefficient (Wildman–Crippen LogP) is 0.679. The number of guanidine groups is 1. The second kappa shape index (κ2) is 8.29. The van der Waals surface area contributed by atoms with Crippen LogP contribution in [0.2, 0.25) is 0 Å². The Hall–Kier alpha value is -0.620. The minimum Gasteiger partial charge on any atom is -0.354 e. The third-order valence-electron chi connectivity index (χ3n) is 3.16. The standard InChI is InChI=1S/C12H21N5O2S2.HI/c1-13-11(15-9-4-5-21(18,19)8-9)14-6-10-7-20-12(16-10)17(2)3;/h7,9H,4-6,8H2,1-3H3,(H2,13,14,15);1H. The van der Waals surface area contributed by atoms with Gasteiger partial charge in [0.15, 0.2) is 20.9 Å². The molecule has 1 fully saturated rings. The number of rotatable bonds is 4. The number of nitrogens with zero attached hydrogens (tertiary/aromatic N) is 3. The molecule has 0 radical (unpaired) electrons. The van der Waals surface area contributed by atoms with Gasteiger partial charge >= 0.3 is 0 Å². The average Bonchev–Trinajstić information content (AvgIpc) is 3.01. The summed E-state index contributed by atoms with van der Waals surface area (Å²) in [6.07, 6.45) is 0.629. The normalized spacial score (nSPS) is 20.3. The van der Waals surface area contributed by atoms with Crippen molar-refractivity contribution < 1.29 is 8.42 Å². The number of aliphatic imine (C=N–C) groups is 1. The molecule has 0 saturated carbocycles. The SMILES string of the molecule is CN=C(NCc1csc(N(C)C)n1)NC1CCS(=O)(=O)C1.I. The van der Waals surface area contributed by atoms with E-state index in [2.05, 4.69) is 20.6 Å². The van der Waals surface area contributed by atoms with Gasteiger partial charge in [-0.05, 0) is 6.42 Å². The molecule has 7 nitrogen and oxygen atoms in total. The molecule has 0 aromatic carbocycles. The van der Waals surface area contributed by atoms with Crippen molar-refractivity contribution in [3.63, 3.8) is 0 Å². The third kappa shape index (κ3) is 5.54. The number of anilines is 1. The quantitative estimate of drug-likeness (QED) is 0.391. The molecule has 1 aromatic rings. The van der Waals surface area contributed by atoms with Gasteiger partial charge in [0.25, 0.3) is 0 Å². The molecule has 22 heavy (non-hydrogen) atoms. The van der Waals surface area contributed by atoms with Crippen LogP contribution in [0.1, 0.15) is 12.1 Å². The second-order valence-electron chi connectivity index (χ2n) is 5.19. The van der Waals surface area contributed by atoms with Gasteiger partial charge in [0.2, 0.25) is 0 Å². The number of thiazole rings is 1. The number of halogens is 1. The van der Waals surface area contributed by atoms with E-state index in [9.17, 15) is 8.42 Å². The van der Waals surface area contributed by atoms with Gasteiger partial charge in [-0.1, -0.05) is 0 Å². The van der Waals surface area contributed by atoms with Crippen molar-refractivity contribution in [2.75, 3.05) is 37.5 Å². The molecule has 0 aliphatic carbocycles. The minimum absolute atomic E-state index is 0. The lowest BCUT2D eigenvalue weighted by atomic mass is 10.3. The first-order valence-corrected chi connectivity index (χ1v) is 9.39. The Morgan fingerprint density at radius 1 is 1.55 bits per heavy atom. The lowest BCUT2D eigenvalue weighted by Crippen LogP contribution is -2.43. The van der Waals surface area contributed by atoms with Crippen molar-refractivity contribution in [1.82, 2.24) is 15.6 Å². The van der Waals surface area contributed by atoms with Crippen molar-refractivity contribution in [2.24, 2.45) is 4.99 Å². The van der Waals surface area contributed by atoms with Crippen LogP contribution in [-0.4, -0.2) is 58.1 Å². The molecular weight excluding hydrogens is 437 g/mol. The molecular formula is C12H22IN5O2S2. The fraction of sp³-hybridized carbons (Fsp3) is 0.667. The molecule has 1 unspecified atom stereocenters. The molecule has 0 spiro atoms. The molecule has 1 saturated heterocycles. The lowest BCUT2D eigenvalue weighted by Gasteiger charge is -2.15. The Morgan fingerprint density at radius 3 is 2.77 bits per heavy atom. The van der Waals surface area contributed by atoms with Crippen molar-refractivity contribution in [3.8, 4) is 0 Å². The van der Waals surface area contributed by atoms with Gasteiger partial charge in [0, 0.05) is 32.6 Å². The molecule has 0 amide bonds. The van der Waals surface area contributed by atoms with Crippen LogP contribution in [0.25, 0.3) is 0 Å². The van der Waals surface area contributed by atoms with E-state index in [4.69, 9.17) is 0 Å². The van der Waals surface area contributed by atoms with Gasteiger partial charge in [-0.25, -0.2) is 13.4 Å². The van der Waals surface area contributed by atoms with Crippen molar-refractivity contribution in [2.45, 2.75) is 19.0 Å². The van der Waals surface area contributed by atoms with Gasteiger partial charge < -0.3 is 15.5 Å². The summed E-state index contributed by atoms with van der Waals surface area (Å²) in [5, 5.41) is 9.26. The molecule has 1 aromatic heterocycles. The largest absolute Gasteiger partial charge is 0.354 e. The average molecular weight is 459 g/mol. The summed E-state index contributed by atoms with van der Waals surface area (Å²) in [7, 11) is 2.70. The first-order valence-electron chi connectivity index (χ1n) is 6.69. The van der Waals surface area contributed by atoms with Gasteiger partial charge in [-0.2, -0.15) is 0 Å². The molecule has 1 aliphatic rings. The van der Waals surface area contributed by atoms with Crippen LogP contribution in [0.3, 0.4) is 0 Å². The van der Waals surface area contributed by atoms with Gasteiger partial charge in [-0.3, -0.25) is 4.99 Å². The van der Waals surface area contributed by atoms with Gasteiger partial charge in [0.05, 0.1) is 23.7 Å². The third-order valence-corrected chi connectivity index (χ3v) is 5.98. The van der Waals surface area contributed by atoms with Crippen molar-refractivity contribution in [3.05, 3.63) is 11.1 Å². The molecule has 126 valence electrons. The van der Waals surface area contributed by atoms with E-state index >= 15 is 0 Å². The fourth-order valence-corrected chi connectivity index (χ4v) is 4.49. The zero-order valence-electron chi connectivity index (χ0n) is 12.9. The summed E-state index contributed by atoms with van der Waals surface area (Å²) >= 11 is 1.58. The van der Waals surface area contributed by atoms with Crippen LogP contribution >= 0.6 is 35.3 Å². The molecule has 0 bridgehead atoms. The molecule has 10 heteroatoms. The highest BCUT2D eigenvalue weighted by Gasteiger charge is 2.28. The zero-order chi connectivity index (χ0) is 15.5. The monoisotopic (exact) mass is 459 g/mol. The van der Waals surface area contributed by atoms with Crippen molar-refractivity contribution in [1.29, 1.82) is 0 Å². The Balaban J connectivity index is 0.00000242. The van der Waals surface area contributed by atoms with Crippen LogP contribution in [0.4, 0.5) is 5.13 Å². The molecule has 2 heterocycles. The molecule has 1 aliphatic heterocycles. The summed E-state index contributed by atoms with van der Waals surface area (Å²) in [6, 6.07) is -0.0611. The van der Waals surface area contributed by atoms with Crippen LogP contribution in [0.15, 0.2) is 10.4 Å². The molecule has 2 rings (SSSR count). The van der Waals surface area contributed by atoms with E-state index in [1.165, 1.54) is 0 Å². The summed E-state index contributed by atoms with van der Waals surface area (Å²) in [6.45, 7) is 0.559. The van der Waals surface area contributed by atoms with E-state index in [1.54, 1.807) is 18.4 Å². The molecule has 2 N–H and O–H groups in total. The zero-order valence-corrected chi connectivity index (χ0v) is 16.8. The number of aromatic nitrogens is 1. The van der Waals surface area contributed by atoms with Crippen LogP contribution in [-0.2, 0) is 16.4 Å². The predicted molar refractivity (Wildman–Crippen MR) is 102 cm³/mol. The van der Waals surface area contributed by atoms with Crippen LogP contribution in [0.5, 0.6) is 0 Å². The Labute approximate surface area is 152 Å². The second-order valence-corrected chi connectivity index (χ2v) is 8.25. The van der Waals surface area contributed by atoms with E-state index in [0.29, 0.717) is 18.9 Å². The van der Waals surface area contributed by atoms with Crippen LogP contribution < -0.4 is 15.5 Å². The summed E-state index contributed by atoms with van der Waals surface area (Å²) in [4.78, 5) is 10.6. The number of hydrogen-bond acceptors (Lipinski definition) is 6. The van der Waals surface area contributed by atoms with Crippen molar-refractivity contribution >= 4 is 56.2 Å². The topological polar surface area (TPSA) is 86.7 Å². The minimum atomic E-state index is -2.88. The highest BCUT2D eigenvalue weighted by Crippen LogP contribution is 2.17. The number of nitrogens with one attached hydrogen (secondary N) is 2. The number of hydrogen-bond donors (Lipinski definition) is 2. The summed E-state index contributed by atoms with van der Waals surface area (Å²) in [5.74, 6) is 1.03. The number of sulfone groups is 1. The first kappa shape index (κ1) is 19.4. The Morgan fingerprint density at radius 2 is 2.27 bits per heavy atom. The van der Waals surface area contributed by atoms with E-state index in [1.807, 2.05) is 24.4 Å².